The van der Waals surface area contributed by atoms with Gasteiger partial charge < -0.3 is 9.42 Å². The van der Waals surface area contributed by atoms with Gasteiger partial charge in [-0.15, -0.1) is 0 Å². The molecule has 2 aromatic heterocycles. The molecule has 0 unspecified atom stereocenters. The second-order valence-electron chi connectivity index (χ2n) is 7.72. The SMILES string of the molecule is CC(C)CC(=O)N1C[C@@H](c2cccnc2)[C@H](c2nc(-c3ccccc3)no2)C1. The van der Waals surface area contributed by atoms with Crippen LogP contribution in [0.5, 0.6) is 0 Å². The van der Waals surface area contributed by atoms with Crippen LogP contribution in [0.4, 0.5) is 0 Å². The van der Waals surface area contributed by atoms with Crippen molar-refractivity contribution in [3.8, 4) is 11.4 Å². The Balaban J connectivity index is 1.63. The third-order valence-corrected chi connectivity index (χ3v) is 5.16. The lowest BCUT2D eigenvalue weighted by Crippen LogP contribution is -2.29. The topological polar surface area (TPSA) is 72.1 Å². The van der Waals surface area contributed by atoms with Crippen LogP contribution in [0.15, 0.2) is 59.4 Å². The van der Waals surface area contributed by atoms with Crippen molar-refractivity contribution in [3.05, 3.63) is 66.3 Å². The quantitative estimate of drug-likeness (QED) is 0.675. The number of aromatic nitrogens is 3. The van der Waals surface area contributed by atoms with Crippen molar-refractivity contribution in [2.75, 3.05) is 13.1 Å². The predicted molar refractivity (Wildman–Crippen MR) is 105 cm³/mol. The molecule has 3 aromatic rings. The summed E-state index contributed by atoms with van der Waals surface area (Å²) in [5.41, 5.74) is 2.01. The van der Waals surface area contributed by atoms with E-state index in [1.807, 2.05) is 47.5 Å². The summed E-state index contributed by atoms with van der Waals surface area (Å²) in [7, 11) is 0. The number of pyridine rings is 1. The molecule has 1 saturated heterocycles. The first-order valence-electron chi connectivity index (χ1n) is 9.68. The zero-order valence-corrected chi connectivity index (χ0v) is 16.2. The van der Waals surface area contributed by atoms with Gasteiger partial charge in [0.15, 0.2) is 0 Å². The molecule has 28 heavy (non-hydrogen) atoms. The third kappa shape index (κ3) is 3.81. The molecule has 0 radical (unpaired) electrons. The summed E-state index contributed by atoms with van der Waals surface area (Å²) in [4.78, 5) is 23.5. The lowest BCUT2D eigenvalue weighted by molar-refractivity contribution is -0.131. The fraction of sp³-hybridized carbons (Fsp3) is 0.364. The van der Waals surface area contributed by atoms with Crippen LogP contribution in [0.25, 0.3) is 11.4 Å². The fourth-order valence-corrected chi connectivity index (χ4v) is 3.76. The van der Waals surface area contributed by atoms with Crippen molar-refractivity contribution < 1.29 is 9.32 Å². The van der Waals surface area contributed by atoms with E-state index in [1.54, 1.807) is 6.20 Å². The van der Waals surface area contributed by atoms with Crippen molar-refractivity contribution in [1.82, 2.24) is 20.0 Å². The highest BCUT2D eigenvalue weighted by Crippen LogP contribution is 2.39. The number of likely N-dealkylation sites (tertiary alicyclic amines) is 1. The lowest BCUT2D eigenvalue weighted by Gasteiger charge is -2.17. The van der Waals surface area contributed by atoms with Gasteiger partial charge in [0.05, 0.1) is 5.92 Å². The van der Waals surface area contributed by atoms with E-state index in [4.69, 9.17) is 4.52 Å². The Morgan fingerprint density at radius 1 is 1.14 bits per heavy atom. The molecule has 6 nitrogen and oxygen atoms in total. The molecule has 2 atom stereocenters. The summed E-state index contributed by atoms with van der Waals surface area (Å²) < 4.78 is 5.64. The molecule has 6 heteroatoms. The molecule has 1 aliphatic rings. The number of rotatable bonds is 5. The maximum Gasteiger partial charge on any atom is 0.232 e. The summed E-state index contributed by atoms with van der Waals surface area (Å²) in [6.45, 7) is 5.36. The maximum atomic E-state index is 12.7. The summed E-state index contributed by atoms with van der Waals surface area (Å²) in [6.07, 6.45) is 4.17. The Labute approximate surface area is 164 Å². The van der Waals surface area contributed by atoms with Gasteiger partial charge in [0.1, 0.15) is 0 Å². The first-order chi connectivity index (χ1) is 13.6. The van der Waals surface area contributed by atoms with E-state index >= 15 is 0 Å². The zero-order chi connectivity index (χ0) is 19.5. The lowest BCUT2D eigenvalue weighted by atomic mass is 9.90. The van der Waals surface area contributed by atoms with Gasteiger partial charge in [-0.25, -0.2) is 0 Å². The number of hydrogen-bond acceptors (Lipinski definition) is 5. The monoisotopic (exact) mass is 376 g/mol. The van der Waals surface area contributed by atoms with E-state index < -0.39 is 0 Å². The predicted octanol–water partition coefficient (Wildman–Crippen LogP) is 3.89. The zero-order valence-electron chi connectivity index (χ0n) is 16.2. The van der Waals surface area contributed by atoms with Crippen molar-refractivity contribution in [2.45, 2.75) is 32.1 Å². The van der Waals surface area contributed by atoms with Crippen molar-refractivity contribution in [3.63, 3.8) is 0 Å². The molecule has 1 aromatic carbocycles. The molecule has 0 saturated carbocycles. The first kappa shape index (κ1) is 18.3. The van der Waals surface area contributed by atoms with E-state index in [9.17, 15) is 4.79 Å². The van der Waals surface area contributed by atoms with Crippen LogP contribution in [-0.2, 0) is 4.79 Å². The Morgan fingerprint density at radius 2 is 1.93 bits per heavy atom. The van der Waals surface area contributed by atoms with Gasteiger partial charge in [-0.3, -0.25) is 9.78 Å². The van der Waals surface area contributed by atoms with Gasteiger partial charge in [-0.2, -0.15) is 4.98 Å². The fourth-order valence-electron chi connectivity index (χ4n) is 3.76. The normalized spacial score (nSPS) is 19.3. The van der Waals surface area contributed by atoms with Crippen LogP contribution < -0.4 is 0 Å². The van der Waals surface area contributed by atoms with Gasteiger partial charge in [-0.1, -0.05) is 55.4 Å². The highest BCUT2D eigenvalue weighted by Gasteiger charge is 2.40. The summed E-state index contributed by atoms with van der Waals surface area (Å²) in [5.74, 6) is 1.71. The van der Waals surface area contributed by atoms with Gasteiger partial charge >= 0.3 is 0 Å². The van der Waals surface area contributed by atoms with Crippen LogP contribution >= 0.6 is 0 Å². The van der Waals surface area contributed by atoms with Crippen molar-refractivity contribution >= 4 is 5.91 Å². The van der Waals surface area contributed by atoms with Crippen LogP contribution in [0, 0.1) is 5.92 Å². The minimum atomic E-state index is -0.0368. The summed E-state index contributed by atoms with van der Waals surface area (Å²) in [6, 6.07) is 13.7. The van der Waals surface area contributed by atoms with Crippen molar-refractivity contribution in [1.29, 1.82) is 0 Å². The summed E-state index contributed by atoms with van der Waals surface area (Å²) in [5, 5.41) is 4.17. The van der Waals surface area contributed by atoms with E-state index in [0.717, 1.165) is 11.1 Å². The highest BCUT2D eigenvalue weighted by atomic mass is 16.5. The molecule has 0 spiro atoms. The van der Waals surface area contributed by atoms with Crippen LogP contribution in [0.2, 0.25) is 0 Å². The largest absolute Gasteiger partial charge is 0.341 e. The second kappa shape index (κ2) is 7.92. The average Bonchev–Trinajstić information content (AvgIpc) is 3.36. The first-order valence-corrected chi connectivity index (χ1v) is 9.68. The molecule has 1 aliphatic heterocycles. The molecule has 0 bridgehead atoms. The number of carbonyl (C=O) groups is 1. The number of benzene rings is 1. The minimum Gasteiger partial charge on any atom is -0.341 e. The Kier molecular flexibility index (Phi) is 5.19. The second-order valence-corrected chi connectivity index (χ2v) is 7.72. The molecular formula is C22H24N4O2. The molecule has 4 rings (SSSR count). The molecule has 3 heterocycles. The van der Waals surface area contributed by atoms with Gasteiger partial charge in [0.2, 0.25) is 17.6 Å². The Bertz CT molecular complexity index is 924. The van der Waals surface area contributed by atoms with Crippen LogP contribution in [-0.4, -0.2) is 39.0 Å². The number of carbonyl (C=O) groups excluding carboxylic acids is 1. The van der Waals surface area contributed by atoms with Crippen LogP contribution in [0.3, 0.4) is 0 Å². The van der Waals surface area contributed by atoms with E-state index in [2.05, 4.69) is 35.0 Å². The number of amides is 1. The Morgan fingerprint density at radius 3 is 2.64 bits per heavy atom. The Hall–Kier alpha value is -3.02. The maximum absolute atomic E-state index is 12.7. The number of hydrogen-bond donors (Lipinski definition) is 0. The third-order valence-electron chi connectivity index (χ3n) is 5.16. The molecule has 0 aliphatic carbocycles. The molecule has 1 amide bonds. The van der Waals surface area contributed by atoms with E-state index in [1.165, 1.54) is 0 Å². The minimum absolute atomic E-state index is 0.0368. The molecule has 144 valence electrons. The average molecular weight is 376 g/mol. The standard InChI is InChI=1S/C22H24N4O2/c1-15(2)11-20(27)26-13-18(17-9-6-10-23-12-17)19(14-26)22-24-21(25-28-22)16-7-4-3-5-8-16/h3-10,12,15,18-19H,11,13-14H2,1-2H3/t18-,19+/m0/s1. The molecule has 0 N–H and O–H groups in total. The van der Waals surface area contributed by atoms with E-state index in [-0.39, 0.29) is 17.7 Å². The van der Waals surface area contributed by atoms with Crippen LogP contribution in [0.1, 0.15) is 43.6 Å². The molecule has 1 fully saturated rings. The summed E-state index contributed by atoms with van der Waals surface area (Å²) >= 11 is 0. The smallest absolute Gasteiger partial charge is 0.232 e. The number of nitrogens with zero attached hydrogens (tertiary/aromatic N) is 4. The van der Waals surface area contributed by atoms with Crippen molar-refractivity contribution in [2.24, 2.45) is 5.92 Å². The highest BCUT2D eigenvalue weighted by molar-refractivity contribution is 5.77. The van der Waals surface area contributed by atoms with E-state index in [0.29, 0.717) is 37.1 Å². The van der Waals surface area contributed by atoms with Gasteiger partial charge in [0.25, 0.3) is 0 Å². The van der Waals surface area contributed by atoms with Gasteiger partial charge in [-0.05, 0) is 17.5 Å². The molecular weight excluding hydrogens is 352 g/mol. The van der Waals surface area contributed by atoms with Gasteiger partial charge in [0, 0.05) is 43.4 Å².